The van der Waals surface area contributed by atoms with Crippen molar-refractivity contribution in [1.29, 1.82) is 0 Å². The maximum atomic E-state index is 10.3. The first-order valence-corrected chi connectivity index (χ1v) is 6.01. The number of hydrogen-bond donors (Lipinski definition) is 0. The van der Waals surface area contributed by atoms with Gasteiger partial charge in [-0.3, -0.25) is 10.1 Å². The first-order valence-electron chi connectivity index (χ1n) is 6.01. The fourth-order valence-corrected chi connectivity index (χ4v) is 1.38. The summed E-state index contributed by atoms with van der Waals surface area (Å²) in [4.78, 5) is 9.76. The van der Waals surface area contributed by atoms with E-state index in [-0.39, 0.29) is 0 Å². The maximum absolute atomic E-state index is 10.3. The topological polar surface area (TPSA) is 61.6 Å². The Hall–Kier alpha value is -3.04. The van der Waals surface area contributed by atoms with Crippen molar-refractivity contribution < 1.29 is 14.4 Å². The van der Waals surface area contributed by atoms with E-state index in [9.17, 15) is 10.1 Å². The Morgan fingerprint density at radius 1 is 1.29 bits per heavy atom. The predicted octanol–water partition coefficient (Wildman–Crippen LogP) is 3.73. The highest BCUT2D eigenvalue weighted by Crippen LogP contribution is 2.28. The van der Waals surface area contributed by atoms with Gasteiger partial charge in [-0.25, -0.2) is 0 Å². The lowest BCUT2D eigenvalue weighted by Gasteiger charge is -2.07. The molecule has 0 atom stereocenters. The van der Waals surface area contributed by atoms with Gasteiger partial charge in [-0.1, -0.05) is 24.8 Å². The molecular formula is C16H15NO4. The second-order valence-electron chi connectivity index (χ2n) is 3.71. The van der Waals surface area contributed by atoms with Gasteiger partial charge in [-0.15, -0.1) is 5.73 Å². The van der Waals surface area contributed by atoms with Crippen LogP contribution in [-0.4, -0.2) is 12.0 Å². The van der Waals surface area contributed by atoms with Crippen molar-refractivity contribution in [3.05, 3.63) is 83.0 Å². The fraction of sp³-hybridized carbons (Fsp3) is 0.0625. The Morgan fingerprint density at radius 2 is 2.10 bits per heavy atom. The zero-order valence-corrected chi connectivity index (χ0v) is 11.6. The molecule has 108 valence electrons. The minimum atomic E-state index is -0.524. The first-order chi connectivity index (χ1) is 10.2. The van der Waals surface area contributed by atoms with Crippen molar-refractivity contribution in [3.8, 4) is 11.5 Å². The summed E-state index contributed by atoms with van der Waals surface area (Å²) in [5.74, 6) is 1.000. The van der Waals surface area contributed by atoms with E-state index in [0.717, 1.165) is 6.20 Å². The smallest absolute Gasteiger partial charge is 0.235 e. The maximum Gasteiger partial charge on any atom is 0.235 e. The monoisotopic (exact) mass is 285 g/mol. The van der Waals surface area contributed by atoms with E-state index in [4.69, 9.17) is 9.47 Å². The number of benzene rings is 1. The summed E-state index contributed by atoms with van der Waals surface area (Å²) in [7, 11) is 1.50. The van der Waals surface area contributed by atoms with Crippen LogP contribution in [0.15, 0.2) is 67.3 Å². The average Bonchev–Trinajstić information content (AvgIpc) is 2.49. The summed E-state index contributed by atoms with van der Waals surface area (Å²) in [6, 6.07) is 5.03. The number of hydrogen-bond acceptors (Lipinski definition) is 4. The highest BCUT2D eigenvalue weighted by molar-refractivity contribution is 5.55. The van der Waals surface area contributed by atoms with Gasteiger partial charge >= 0.3 is 0 Å². The zero-order chi connectivity index (χ0) is 15.5. The van der Waals surface area contributed by atoms with Crippen molar-refractivity contribution in [2.24, 2.45) is 0 Å². The second-order valence-corrected chi connectivity index (χ2v) is 3.71. The van der Waals surface area contributed by atoms with Gasteiger partial charge in [-0.05, 0) is 29.8 Å². The molecule has 0 unspecified atom stereocenters. The summed E-state index contributed by atoms with van der Waals surface area (Å²) in [6.45, 7) is 3.43. The van der Waals surface area contributed by atoms with Gasteiger partial charge in [0.1, 0.15) is 0 Å². The molecule has 0 N–H and O–H groups in total. The van der Waals surface area contributed by atoms with E-state index in [1.54, 1.807) is 42.5 Å². The third-order valence-electron chi connectivity index (χ3n) is 2.29. The highest BCUT2D eigenvalue weighted by Gasteiger charge is 2.04. The molecule has 0 amide bonds. The Morgan fingerprint density at radius 3 is 2.76 bits per heavy atom. The number of allylic oxidation sites excluding steroid dienone is 4. The molecule has 0 saturated heterocycles. The lowest BCUT2D eigenvalue weighted by atomic mass is 10.2. The van der Waals surface area contributed by atoms with Crippen molar-refractivity contribution in [2.75, 3.05) is 7.11 Å². The summed E-state index contributed by atoms with van der Waals surface area (Å²) >= 11 is 0. The lowest BCUT2D eigenvalue weighted by Crippen LogP contribution is -1.90. The number of methoxy groups -OCH3 is 1. The molecule has 21 heavy (non-hydrogen) atoms. The zero-order valence-electron chi connectivity index (χ0n) is 11.6. The number of rotatable bonds is 7. The molecule has 1 aromatic carbocycles. The normalized spacial score (nSPS) is 10.9. The molecule has 1 aromatic rings. The quantitative estimate of drug-likeness (QED) is 0.252. The van der Waals surface area contributed by atoms with E-state index in [2.05, 4.69) is 12.3 Å². The Labute approximate surface area is 123 Å². The third kappa shape index (κ3) is 6.09. The van der Waals surface area contributed by atoms with Gasteiger partial charge in [0.25, 0.3) is 0 Å². The predicted molar refractivity (Wildman–Crippen MR) is 81.6 cm³/mol. The average molecular weight is 285 g/mol. The lowest BCUT2D eigenvalue weighted by molar-refractivity contribution is -0.400. The molecule has 0 saturated carbocycles. The standard InChI is InChI=1S/C16H15NO4/c1-3-4-5-6-7-12-21-15-9-8-14(10-11-17(18)19)13-16(15)20-2/h4-13H,1H2,2H3/b6-5+,11-10-,12-7-. The summed E-state index contributed by atoms with van der Waals surface area (Å²) in [5, 5.41) is 10.3. The number of ether oxygens (including phenoxy) is 2. The largest absolute Gasteiger partial charge is 0.493 e. The van der Waals surface area contributed by atoms with Crippen molar-refractivity contribution in [3.63, 3.8) is 0 Å². The van der Waals surface area contributed by atoms with Crippen LogP contribution in [0.3, 0.4) is 0 Å². The SMILES string of the molecule is C=C=C/C=C/C=C\Oc1ccc(/C=C\[N+](=O)[O-])cc1OC. The van der Waals surface area contributed by atoms with Crippen molar-refractivity contribution in [2.45, 2.75) is 0 Å². The molecule has 0 aliphatic heterocycles. The van der Waals surface area contributed by atoms with Crippen LogP contribution in [0.4, 0.5) is 0 Å². The molecule has 0 fully saturated rings. The van der Waals surface area contributed by atoms with Crippen LogP contribution in [0, 0.1) is 10.1 Å². The molecule has 0 aromatic heterocycles. The van der Waals surface area contributed by atoms with Gasteiger partial charge < -0.3 is 9.47 Å². The molecule has 1 rings (SSSR count). The third-order valence-corrected chi connectivity index (χ3v) is 2.29. The highest BCUT2D eigenvalue weighted by atomic mass is 16.6. The molecule has 5 nitrogen and oxygen atoms in total. The summed E-state index contributed by atoms with van der Waals surface area (Å²) in [5.41, 5.74) is 3.26. The minimum absolute atomic E-state index is 0.486. The Balaban J connectivity index is 2.79. The van der Waals surface area contributed by atoms with Gasteiger partial charge in [0.2, 0.25) is 6.20 Å². The molecule has 0 bridgehead atoms. The Bertz CT molecular complexity index is 623. The molecule has 0 heterocycles. The first kappa shape index (κ1) is 16.0. The molecule has 0 spiro atoms. The van der Waals surface area contributed by atoms with E-state index in [1.807, 2.05) is 0 Å². The van der Waals surface area contributed by atoms with Gasteiger partial charge in [0, 0.05) is 6.08 Å². The molecule has 0 aliphatic rings. The van der Waals surface area contributed by atoms with Crippen LogP contribution in [-0.2, 0) is 0 Å². The van der Waals surface area contributed by atoms with Crippen LogP contribution >= 0.6 is 0 Å². The van der Waals surface area contributed by atoms with Crippen LogP contribution < -0.4 is 9.47 Å². The van der Waals surface area contributed by atoms with Gasteiger partial charge in [0.15, 0.2) is 11.5 Å². The van der Waals surface area contributed by atoms with Crippen LogP contribution in [0.5, 0.6) is 11.5 Å². The van der Waals surface area contributed by atoms with Gasteiger partial charge in [0.05, 0.1) is 18.3 Å². The van der Waals surface area contributed by atoms with Crippen molar-refractivity contribution in [1.82, 2.24) is 0 Å². The molecule has 5 heteroatoms. The molecule has 0 aliphatic carbocycles. The van der Waals surface area contributed by atoms with Crippen molar-refractivity contribution >= 4 is 6.08 Å². The van der Waals surface area contributed by atoms with Crippen LogP contribution in [0.25, 0.3) is 6.08 Å². The fourth-order valence-electron chi connectivity index (χ4n) is 1.38. The van der Waals surface area contributed by atoms with E-state index < -0.39 is 4.92 Å². The Kier molecular flexibility index (Phi) is 6.83. The number of nitro groups is 1. The second kappa shape index (κ2) is 8.96. The van der Waals surface area contributed by atoms with E-state index in [1.165, 1.54) is 19.4 Å². The molecule has 0 radical (unpaired) electrons. The summed E-state index contributed by atoms with van der Waals surface area (Å²) in [6.07, 6.45) is 10.6. The van der Waals surface area contributed by atoms with E-state index >= 15 is 0 Å². The summed E-state index contributed by atoms with van der Waals surface area (Å²) < 4.78 is 10.6. The van der Waals surface area contributed by atoms with Gasteiger partial charge in [-0.2, -0.15) is 0 Å². The number of nitrogens with zero attached hydrogens (tertiary/aromatic N) is 1. The van der Waals surface area contributed by atoms with E-state index in [0.29, 0.717) is 17.1 Å². The van der Waals surface area contributed by atoms with Crippen LogP contribution in [0.2, 0.25) is 0 Å². The van der Waals surface area contributed by atoms with Crippen LogP contribution in [0.1, 0.15) is 5.56 Å². The minimum Gasteiger partial charge on any atom is -0.493 e. The molecular weight excluding hydrogens is 270 g/mol.